The summed E-state index contributed by atoms with van der Waals surface area (Å²) in [6.07, 6.45) is 11.7. The fourth-order valence-electron chi connectivity index (χ4n) is 2.80. The first-order chi connectivity index (χ1) is 10.2. The van der Waals surface area contributed by atoms with E-state index in [4.69, 9.17) is 0 Å². The van der Waals surface area contributed by atoms with Crippen molar-refractivity contribution in [3.8, 4) is 0 Å². The Bertz CT molecular complexity index is 502. The summed E-state index contributed by atoms with van der Waals surface area (Å²) in [6.45, 7) is 2.19. The van der Waals surface area contributed by atoms with Gasteiger partial charge in [-0.15, -0.1) is 0 Å². The van der Waals surface area contributed by atoms with Crippen molar-refractivity contribution in [1.82, 2.24) is 0 Å². The lowest BCUT2D eigenvalue weighted by molar-refractivity contribution is -0.121. The molecule has 0 radical (unpaired) electrons. The molecule has 0 amide bonds. The van der Waals surface area contributed by atoms with Crippen molar-refractivity contribution in [3.63, 3.8) is 0 Å². The number of unbranched alkanes of at least 4 members (excludes halogenated alkanes) is 3. The number of carbonyl (C=O) groups excluding carboxylic acids is 1. The van der Waals surface area contributed by atoms with Gasteiger partial charge in [0.15, 0.2) is 5.78 Å². The van der Waals surface area contributed by atoms with Crippen LogP contribution in [0.4, 0.5) is 0 Å². The molecule has 0 heterocycles. The van der Waals surface area contributed by atoms with E-state index in [9.17, 15) is 9.90 Å². The number of ketones is 1. The molecular formula is C19H24O2. The molecule has 1 aliphatic carbocycles. The third-order valence-electron chi connectivity index (χ3n) is 4.04. The van der Waals surface area contributed by atoms with Crippen LogP contribution in [-0.2, 0) is 4.79 Å². The van der Waals surface area contributed by atoms with Gasteiger partial charge in [-0.2, -0.15) is 0 Å². The van der Waals surface area contributed by atoms with Gasteiger partial charge in [0.1, 0.15) is 0 Å². The Morgan fingerprint density at radius 3 is 2.71 bits per heavy atom. The molecule has 3 atom stereocenters. The second-order valence-corrected chi connectivity index (χ2v) is 5.64. The maximum Gasteiger partial charge on any atom is 0.162 e. The summed E-state index contributed by atoms with van der Waals surface area (Å²) in [5.41, 5.74) is 0.809. The first kappa shape index (κ1) is 15.7. The second kappa shape index (κ2) is 7.94. The molecule has 0 bridgehead atoms. The van der Waals surface area contributed by atoms with Crippen LogP contribution in [0.25, 0.3) is 0 Å². The lowest BCUT2D eigenvalue weighted by atomic mass is 9.85. The van der Waals surface area contributed by atoms with Crippen molar-refractivity contribution in [3.05, 3.63) is 60.2 Å². The number of aliphatic hydroxyl groups excluding tert-OH is 1. The van der Waals surface area contributed by atoms with E-state index in [-0.39, 0.29) is 17.6 Å². The monoisotopic (exact) mass is 284 g/mol. The third kappa shape index (κ3) is 4.15. The molecule has 1 unspecified atom stereocenters. The fourth-order valence-corrected chi connectivity index (χ4v) is 2.80. The topological polar surface area (TPSA) is 37.3 Å². The predicted molar refractivity (Wildman–Crippen MR) is 85.8 cm³/mol. The van der Waals surface area contributed by atoms with Crippen LogP contribution in [0.1, 0.15) is 44.3 Å². The lowest BCUT2D eigenvalue weighted by Gasteiger charge is -2.22. The molecule has 0 aromatic heterocycles. The Kier molecular flexibility index (Phi) is 5.94. The Morgan fingerprint density at radius 1 is 1.24 bits per heavy atom. The number of carbonyl (C=O) groups is 1. The maximum absolute atomic E-state index is 12.1. The molecule has 1 aliphatic rings. The highest BCUT2D eigenvalue weighted by molar-refractivity contribution is 5.95. The number of benzene rings is 1. The zero-order chi connectivity index (χ0) is 15.1. The van der Waals surface area contributed by atoms with E-state index in [1.54, 1.807) is 6.08 Å². The van der Waals surface area contributed by atoms with Crippen molar-refractivity contribution >= 4 is 5.78 Å². The number of allylic oxidation sites excluding steroid dienone is 4. The Labute approximate surface area is 127 Å². The average molecular weight is 284 g/mol. The van der Waals surface area contributed by atoms with Crippen molar-refractivity contribution in [2.45, 2.75) is 38.7 Å². The van der Waals surface area contributed by atoms with Crippen LogP contribution in [0.3, 0.4) is 0 Å². The predicted octanol–water partition coefficient (Wildman–Crippen LogP) is 4.23. The Balaban J connectivity index is 2.01. The molecular weight excluding hydrogens is 260 g/mol. The summed E-state index contributed by atoms with van der Waals surface area (Å²) < 4.78 is 0. The molecule has 0 saturated heterocycles. The van der Waals surface area contributed by atoms with Crippen LogP contribution in [-0.4, -0.2) is 10.9 Å². The van der Waals surface area contributed by atoms with Gasteiger partial charge in [-0.05, 0) is 24.5 Å². The van der Waals surface area contributed by atoms with Gasteiger partial charge in [-0.1, -0.05) is 68.3 Å². The van der Waals surface area contributed by atoms with E-state index in [1.165, 1.54) is 19.3 Å². The normalized spacial score (nSPS) is 23.0. The van der Waals surface area contributed by atoms with Crippen molar-refractivity contribution in [2.75, 3.05) is 0 Å². The van der Waals surface area contributed by atoms with E-state index in [0.29, 0.717) is 0 Å². The largest absolute Gasteiger partial charge is 0.388 e. The summed E-state index contributed by atoms with van der Waals surface area (Å²) in [6, 6.07) is 9.44. The van der Waals surface area contributed by atoms with Gasteiger partial charge < -0.3 is 5.11 Å². The smallest absolute Gasteiger partial charge is 0.162 e. The van der Waals surface area contributed by atoms with Crippen LogP contribution in [0, 0.1) is 11.8 Å². The minimum Gasteiger partial charge on any atom is -0.388 e. The van der Waals surface area contributed by atoms with Gasteiger partial charge >= 0.3 is 0 Å². The Hall–Kier alpha value is -1.67. The highest BCUT2D eigenvalue weighted by Crippen LogP contribution is 2.34. The first-order valence-electron chi connectivity index (χ1n) is 7.85. The summed E-state index contributed by atoms with van der Waals surface area (Å²) in [7, 11) is 0. The summed E-state index contributed by atoms with van der Waals surface area (Å²) in [5.74, 6) is -0.348. The van der Waals surface area contributed by atoms with Gasteiger partial charge in [0, 0.05) is 5.92 Å². The molecule has 2 heteroatoms. The van der Waals surface area contributed by atoms with Crippen molar-refractivity contribution in [1.29, 1.82) is 0 Å². The minimum atomic E-state index is -0.737. The molecule has 0 aliphatic heterocycles. The van der Waals surface area contributed by atoms with E-state index in [0.717, 1.165) is 12.0 Å². The molecule has 2 rings (SSSR count). The number of hydrogen-bond donors (Lipinski definition) is 1. The average Bonchev–Trinajstić information content (AvgIpc) is 2.88. The molecule has 1 N–H and O–H groups in total. The van der Waals surface area contributed by atoms with E-state index >= 15 is 0 Å². The first-order valence-corrected chi connectivity index (χ1v) is 7.85. The van der Waals surface area contributed by atoms with Crippen molar-refractivity contribution < 1.29 is 9.90 Å². The summed E-state index contributed by atoms with van der Waals surface area (Å²) in [4.78, 5) is 12.1. The zero-order valence-electron chi connectivity index (χ0n) is 12.6. The highest BCUT2D eigenvalue weighted by Gasteiger charge is 2.35. The van der Waals surface area contributed by atoms with Crippen LogP contribution >= 0.6 is 0 Å². The van der Waals surface area contributed by atoms with Crippen LogP contribution in [0.5, 0.6) is 0 Å². The summed E-state index contributed by atoms with van der Waals surface area (Å²) >= 11 is 0. The quantitative estimate of drug-likeness (QED) is 0.601. The number of hydrogen-bond acceptors (Lipinski definition) is 2. The van der Waals surface area contributed by atoms with Gasteiger partial charge in [0.25, 0.3) is 0 Å². The lowest BCUT2D eigenvalue weighted by Crippen LogP contribution is -2.23. The van der Waals surface area contributed by atoms with E-state index in [2.05, 4.69) is 19.1 Å². The second-order valence-electron chi connectivity index (χ2n) is 5.64. The zero-order valence-corrected chi connectivity index (χ0v) is 12.6. The van der Waals surface area contributed by atoms with Gasteiger partial charge in [0.05, 0.1) is 12.0 Å². The highest BCUT2D eigenvalue weighted by atomic mass is 16.3. The van der Waals surface area contributed by atoms with Gasteiger partial charge in [-0.25, -0.2) is 0 Å². The van der Waals surface area contributed by atoms with Gasteiger partial charge in [0.2, 0.25) is 0 Å². The van der Waals surface area contributed by atoms with Crippen LogP contribution in [0.2, 0.25) is 0 Å². The molecule has 0 fully saturated rings. The third-order valence-corrected chi connectivity index (χ3v) is 4.04. The summed E-state index contributed by atoms with van der Waals surface area (Å²) in [5, 5.41) is 10.5. The molecule has 0 spiro atoms. The Morgan fingerprint density at radius 2 is 2.00 bits per heavy atom. The minimum absolute atomic E-state index is 0.00864. The molecule has 21 heavy (non-hydrogen) atoms. The molecule has 2 nitrogen and oxygen atoms in total. The van der Waals surface area contributed by atoms with Crippen LogP contribution < -0.4 is 0 Å². The van der Waals surface area contributed by atoms with Crippen molar-refractivity contribution in [2.24, 2.45) is 11.8 Å². The molecule has 0 saturated carbocycles. The fraction of sp³-hybridized carbons (Fsp3) is 0.421. The molecule has 112 valence electrons. The molecule has 1 aromatic rings. The van der Waals surface area contributed by atoms with Crippen LogP contribution in [0.15, 0.2) is 54.6 Å². The van der Waals surface area contributed by atoms with E-state index < -0.39 is 6.10 Å². The standard InChI is InChI=1S/C19H24O2/c1-2-3-4-5-7-10-15-13-14-17(20)18(15)19(21)16-11-8-6-9-12-16/h6-15,18-19,21H,2-5H2,1H3/b10-7+/t15-,18+,19?/m0/s1. The number of aliphatic hydroxyl groups is 1. The maximum atomic E-state index is 12.1. The molecule has 1 aromatic carbocycles. The SMILES string of the molecule is CCCCC/C=C/[C@H]1C=CC(=O)[C@@H]1C(O)c1ccccc1. The van der Waals surface area contributed by atoms with Gasteiger partial charge in [-0.3, -0.25) is 4.79 Å². The van der Waals surface area contributed by atoms with E-state index in [1.807, 2.05) is 36.4 Å². The number of rotatable bonds is 7.